The van der Waals surface area contributed by atoms with Crippen molar-refractivity contribution in [1.29, 1.82) is 0 Å². The Hall–Kier alpha value is -1.12. The summed E-state index contributed by atoms with van der Waals surface area (Å²) in [6.45, 7) is 0. The lowest BCUT2D eigenvalue weighted by Crippen LogP contribution is -2.50. The number of ketones is 1. The molecule has 19 heavy (non-hydrogen) atoms. The summed E-state index contributed by atoms with van der Waals surface area (Å²) >= 11 is 0. The van der Waals surface area contributed by atoms with Gasteiger partial charge in [0.25, 0.3) is 0 Å². The summed E-state index contributed by atoms with van der Waals surface area (Å²) in [5, 5.41) is 4.18. The highest BCUT2D eigenvalue weighted by atomic mass is 16.1. The van der Waals surface area contributed by atoms with Gasteiger partial charge in [0.15, 0.2) is 0 Å². The number of carbonyl (C=O) groups excluding carboxylic acids is 1. The molecule has 0 N–H and O–H groups in total. The quantitative estimate of drug-likeness (QED) is 0.835. The molecule has 3 heteroatoms. The van der Waals surface area contributed by atoms with Gasteiger partial charge in [0.1, 0.15) is 5.78 Å². The molecule has 0 unspecified atom stereocenters. The molecule has 1 aromatic rings. The van der Waals surface area contributed by atoms with E-state index in [0.29, 0.717) is 12.2 Å². The second kappa shape index (κ2) is 3.94. The van der Waals surface area contributed by atoms with Gasteiger partial charge in [-0.05, 0) is 61.8 Å². The molecule has 4 saturated carbocycles. The van der Waals surface area contributed by atoms with Crippen LogP contribution in [-0.4, -0.2) is 15.6 Å². The van der Waals surface area contributed by atoms with Gasteiger partial charge in [0, 0.05) is 25.1 Å². The third-order valence-electron chi connectivity index (χ3n) is 5.75. The smallest absolute Gasteiger partial charge is 0.143 e. The molecule has 0 aromatic carbocycles. The van der Waals surface area contributed by atoms with Crippen molar-refractivity contribution in [1.82, 2.24) is 9.78 Å². The van der Waals surface area contributed by atoms with Gasteiger partial charge in [-0.3, -0.25) is 9.48 Å². The molecule has 0 saturated heterocycles. The fraction of sp³-hybridized carbons (Fsp3) is 0.750. The first kappa shape index (κ1) is 11.7. The van der Waals surface area contributed by atoms with Crippen LogP contribution in [0.25, 0.3) is 0 Å². The molecule has 4 aliphatic carbocycles. The topological polar surface area (TPSA) is 34.9 Å². The third-order valence-corrected chi connectivity index (χ3v) is 5.75. The summed E-state index contributed by atoms with van der Waals surface area (Å²) in [6.07, 6.45) is 12.2. The van der Waals surface area contributed by atoms with Crippen LogP contribution in [0.2, 0.25) is 0 Å². The van der Waals surface area contributed by atoms with Crippen LogP contribution in [0.5, 0.6) is 0 Å². The molecule has 4 aliphatic rings. The van der Waals surface area contributed by atoms with E-state index in [0.717, 1.165) is 23.3 Å². The number of aromatic nitrogens is 2. The van der Waals surface area contributed by atoms with Crippen LogP contribution in [0.3, 0.4) is 0 Å². The average molecular weight is 258 g/mol. The minimum atomic E-state index is 0.0462. The molecule has 0 amide bonds. The van der Waals surface area contributed by atoms with Crippen molar-refractivity contribution in [2.75, 3.05) is 0 Å². The van der Waals surface area contributed by atoms with E-state index in [-0.39, 0.29) is 5.41 Å². The average Bonchev–Trinajstić information content (AvgIpc) is 2.73. The van der Waals surface area contributed by atoms with Gasteiger partial charge in [-0.25, -0.2) is 0 Å². The second-order valence-electron chi connectivity index (χ2n) is 7.32. The predicted molar refractivity (Wildman–Crippen MR) is 72.5 cm³/mol. The summed E-state index contributed by atoms with van der Waals surface area (Å²) in [5.41, 5.74) is 1.13. The highest BCUT2D eigenvalue weighted by molar-refractivity contribution is 5.87. The third kappa shape index (κ3) is 1.86. The van der Waals surface area contributed by atoms with Gasteiger partial charge < -0.3 is 0 Å². The van der Waals surface area contributed by atoms with Crippen molar-refractivity contribution in [3.8, 4) is 0 Å². The monoisotopic (exact) mass is 258 g/mol. The first-order valence-electron chi connectivity index (χ1n) is 7.64. The van der Waals surface area contributed by atoms with Crippen molar-refractivity contribution < 1.29 is 4.79 Å². The largest absolute Gasteiger partial charge is 0.299 e. The number of aryl methyl sites for hydroxylation is 1. The lowest BCUT2D eigenvalue weighted by atomic mass is 9.48. The second-order valence-corrected chi connectivity index (χ2v) is 7.32. The molecular formula is C16H22N2O. The normalized spacial score (nSPS) is 39.7. The summed E-state index contributed by atoms with van der Waals surface area (Å²) in [5.74, 6) is 3.05. The van der Waals surface area contributed by atoms with Gasteiger partial charge in [-0.1, -0.05) is 0 Å². The van der Waals surface area contributed by atoms with E-state index in [1.807, 2.05) is 19.4 Å². The zero-order valence-corrected chi connectivity index (χ0v) is 11.6. The van der Waals surface area contributed by atoms with Gasteiger partial charge in [-0.2, -0.15) is 5.10 Å². The Kier molecular flexibility index (Phi) is 2.42. The summed E-state index contributed by atoms with van der Waals surface area (Å²) in [4.78, 5) is 12.8. The van der Waals surface area contributed by atoms with Crippen molar-refractivity contribution in [3.05, 3.63) is 18.0 Å². The summed E-state index contributed by atoms with van der Waals surface area (Å²) in [7, 11) is 1.92. The lowest BCUT2D eigenvalue weighted by Gasteiger charge is -2.56. The predicted octanol–water partition coefficient (Wildman–Crippen LogP) is 2.75. The SMILES string of the molecule is Cn1cc(CC(=O)C23CC4CC(CC(C4)C2)C3)cn1. The van der Waals surface area contributed by atoms with Gasteiger partial charge >= 0.3 is 0 Å². The molecule has 4 bridgehead atoms. The molecule has 0 aliphatic heterocycles. The Morgan fingerprint density at radius 1 is 1.26 bits per heavy atom. The highest BCUT2D eigenvalue weighted by Crippen LogP contribution is 2.60. The van der Waals surface area contributed by atoms with Crippen LogP contribution in [-0.2, 0) is 18.3 Å². The lowest BCUT2D eigenvalue weighted by molar-refractivity contribution is -0.143. The molecule has 1 aromatic heterocycles. The minimum Gasteiger partial charge on any atom is -0.299 e. The van der Waals surface area contributed by atoms with E-state index in [4.69, 9.17) is 0 Å². The molecule has 5 rings (SSSR count). The maximum Gasteiger partial charge on any atom is 0.143 e. The van der Waals surface area contributed by atoms with Crippen molar-refractivity contribution in [2.45, 2.75) is 44.9 Å². The van der Waals surface area contributed by atoms with E-state index in [1.165, 1.54) is 38.5 Å². The van der Waals surface area contributed by atoms with E-state index < -0.39 is 0 Å². The molecule has 102 valence electrons. The van der Waals surface area contributed by atoms with Crippen LogP contribution in [0.1, 0.15) is 44.1 Å². The van der Waals surface area contributed by atoms with Gasteiger partial charge in [-0.15, -0.1) is 0 Å². The van der Waals surface area contributed by atoms with Crippen LogP contribution in [0, 0.1) is 23.2 Å². The number of carbonyl (C=O) groups is 1. The van der Waals surface area contributed by atoms with Crippen molar-refractivity contribution in [2.24, 2.45) is 30.2 Å². The van der Waals surface area contributed by atoms with E-state index in [9.17, 15) is 4.79 Å². The Bertz CT molecular complexity index is 481. The maximum atomic E-state index is 12.8. The summed E-state index contributed by atoms with van der Waals surface area (Å²) in [6, 6.07) is 0. The number of hydrogen-bond acceptors (Lipinski definition) is 2. The van der Waals surface area contributed by atoms with E-state index in [2.05, 4.69) is 5.10 Å². The number of nitrogens with zero attached hydrogens (tertiary/aromatic N) is 2. The van der Waals surface area contributed by atoms with E-state index in [1.54, 1.807) is 4.68 Å². The van der Waals surface area contributed by atoms with Crippen LogP contribution in [0.15, 0.2) is 12.4 Å². The van der Waals surface area contributed by atoms with Gasteiger partial charge in [0.2, 0.25) is 0 Å². The zero-order chi connectivity index (χ0) is 13.0. The summed E-state index contributed by atoms with van der Waals surface area (Å²) < 4.78 is 1.79. The standard InChI is InChI=1S/C16H22N2O/c1-18-10-14(9-17-18)5-15(19)16-6-11-2-12(7-16)4-13(3-11)8-16/h9-13H,2-8H2,1H3. The first-order valence-corrected chi connectivity index (χ1v) is 7.64. The number of rotatable bonds is 3. The fourth-order valence-electron chi connectivity index (χ4n) is 5.39. The number of Topliss-reactive ketones (excluding diaryl/α,β-unsaturated/α-hetero) is 1. The minimum absolute atomic E-state index is 0.0462. The maximum absolute atomic E-state index is 12.8. The van der Waals surface area contributed by atoms with Crippen LogP contribution in [0.4, 0.5) is 0 Å². The Morgan fingerprint density at radius 2 is 1.84 bits per heavy atom. The Morgan fingerprint density at radius 3 is 2.32 bits per heavy atom. The molecule has 0 spiro atoms. The molecule has 3 nitrogen and oxygen atoms in total. The Balaban J connectivity index is 1.56. The highest BCUT2D eigenvalue weighted by Gasteiger charge is 2.53. The molecule has 4 fully saturated rings. The Labute approximate surface area is 114 Å². The molecule has 0 atom stereocenters. The van der Waals surface area contributed by atoms with Crippen LogP contribution < -0.4 is 0 Å². The molecular weight excluding hydrogens is 236 g/mol. The van der Waals surface area contributed by atoms with Crippen molar-refractivity contribution in [3.63, 3.8) is 0 Å². The van der Waals surface area contributed by atoms with Crippen molar-refractivity contribution >= 4 is 5.78 Å². The van der Waals surface area contributed by atoms with E-state index >= 15 is 0 Å². The van der Waals surface area contributed by atoms with Crippen LogP contribution >= 0.6 is 0 Å². The fourth-order valence-corrected chi connectivity index (χ4v) is 5.39. The van der Waals surface area contributed by atoms with Gasteiger partial charge in [0.05, 0.1) is 6.20 Å². The first-order chi connectivity index (χ1) is 9.13. The molecule has 0 radical (unpaired) electrons. The molecule has 1 heterocycles. The zero-order valence-electron chi connectivity index (χ0n) is 11.6. The number of hydrogen-bond donors (Lipinski definition) is 0.